The number of carbonyl (C=O) groups excluding carboxylic acids is 1. The van der Waals surface area contributed by atoms with Crippen molar-refractivity contribution in [2.75, 3.05) is 5.32 Å². The first-order valence-corrected chi connectivity index (χ1v) is 9.49. The van der Waals surface area contributed by atoms with E-state index in [2.05, 4.69) is 30.7 Å². The van der Waals surface area contributed by atoms with E-state index in [1.54, 1.807) is 0 Å². The number of para-hydroxylation sites is 1. The van der Waals surface area contributed by atoms with Crippen molar-refractivity contribution < 1.29 is 4.79 Å². The highest BCUT2D eigenvalue weighted by Crippen LogP contribution is 2.27. The zero-order valence-electron chi connectivity index (χ0n) is 16.4. The Kier molecular flexibility index (Phi) is 5.20. The molecule has 4 aromatic rings. The van der Waals surface area contributed by atoms with Gasteiger partial charge in [0.2, 0.25) is 5.91 Å². The molecule has 4 rings (SSSR count). The van der Waals surface area contributed by atoms with Gasteiger partial charge in [-0.05, 0) is 38.0 Å². The van der Waals surface area contributed by atoms with Gasteiger partial charge in [-0.15, -0.1) is 0 Å². The molecule has 0 aliphatic heterocycles. The van der Waals surface area contributed by atoms with E-state index < -0.39 is 0 Å². The predicted octanol–water partition coefficient (Wildman–Crippen LogP) is 4.05. The van der Waals surface area contributed by atoms with E-state index in [9.17, 15) is 4.79 Å². The van der Waals surface area contributed by atoms with Gasteiger partial charge < -0.3 is 5.32 Å². The van der Waals surface area contributed by atoms with Crippen molar-refractivity contribution >= 4 is 11.6 Å². The number of rotatable bonds is 6. The Morgan fingerprint density at radius 1 is 0.966 bits per heavy atom. The Hall–Kier alpha value is -3.74. The summed E-state index contributed by atoms with van der Waals surface area (Å²) in [6, 6.07) is 17.3. The van der Waals surface area contributed by atoms with Gasteiger partial charge in [-0.3, -0.25) is 15.0 Å². The summed E-state index contributed by atoms with van der Waals surface area (Å²) in [4.78, 5) is 17.2. The zero-order valence-corrected chi connectivity index (χ0v) is 16.4. The number of aromatic amines is 2. The summed E-state index contributed by atoms with van der Waals surface area (Å²) in [5.41, 5.74) is 5.47. The maximum absolute atomic E-state index is 12.6. The molecular formula is C22H22N6O. The largest absolute Gasteiger partial charge is 0.325 e. The lowest BCUT2D eigenvalue weighted by Gasteiger charge is -2.09. The smallest absolute Gasteiger partial charge is 0.224 e. The van der Waals surface area contributed by atoms with Crippen LogP contribution < -0.4 is 5.32 Å². The number of aromatic nitrogens is 5. The van der Waals surface area contributed by atoms with Crippen LogP contribution in [0.4, 0.5) is 5.69 Å². The first kappa shape index (κ1) is 18.6. The Morgan fingerprint density at radius 3 is 2.48 bits per heavy atom. The summed E-state index contributed by atoms with van der Waals surface area (Å²) < 4.78 is 0. The molecule has 2 aromatic heterocycles. The van der Waals surface area contributed by atoms with Gasteiger partial charge in [0.05, 0.1) is 11.4 Å². The predicted molar refractivity (Wildman–Crippen MR) is 112 cm³/mol. The van der Waals surface area contributed by atoms with E-state index in [-0.39, 0.29) is 5.91 Å². The number of nitrogens with zero attached hydrogens (tertiary/aromatic N) is 3. The second kappa shape index (κ2) is 8.10. The quantitative estimate of drug-likeness (QED) is 0.465. The fraction of sp³-hybridized carbons (Fsp3) is 0.182. The summed E-state index contributed by atoms with van der Waals surface area (Å²) in [5.74, 6) is 1.18. The molecule has 29 heavy (non-hydrogen) atoms. The minimum absolute atomic E-state index is 0.0553. The van der Waals surface area contributed by atoms with Crippen molar-refractivity contribution in [2.24, 2.45) is 0 Å². The Bertz CT molecular complexity index is 1110. The van der Waals surface area contributed by atoms with Crippen molar-refractivity contribution in [1.82, 2.24) is 25.4 Å². The third-order valence-corrected chi connectivity index (χ3v) is 4.86. The molecule has 2 aromatic carbocycles. The summed E-state index contributed by atoms with van der Waals surface area (Å²) in [6.45, 7) is 3.91. The summed E-state index contributed by atoms with van der Waals surface area (Å²) >= 11 is 0. The van der Waals surface area contributed by atoms with E-state index >= 15 is 0 Å². The van der Waals surface area contributed by atoms with Crippen LogP contribution in [-0.4, -0.2) is 31.3 Å². The van der Waals surface area contributed by atoms with E-state index in [1.807, 2.05) is 68.4 Å². The standard InChI is InChI=1S/C22H22N6O/c1-14-17(15(2)26-25-14)12-13-20(29)23-19-11-7-6-10-18(19)22-24-21(27-28-22)16-8-4-3-5-9-16/h3-11H,12-13H2,1-2H3,(H,23,29)(H,25,26)(H,24,27,28). The normalized spacial score (nSPS) is 10.8. The molecule has 0 spiro atoms. The van der Waals surface area contributed by atoms with Crippen molar-refractivity contribution in [3.05, 3.63) is 71.5 Å². The van der Waals surface area contributed by atoms with Gasteiger partial charge in [0.1, 0.15) is 0 Å². The van der Waals surface area contributed by atoms with Crippen LogP contribution in [-0.2, 0) is 11.2 Å². The topological polar surface area (TPSA) is 99.3 Å². The average molecular weight is 386 g/mol. The van der Waals surface area contributed by atoms with Crippen LogP contribution in [0.15, 0.2) is 54.6 Å². The van der Waals surface area contributed by atoms with Crippen LogP contribution in [0, 0.1) is 13.8 Å². The highest BCUT2D eigenvalue weighted by molar-refractivity contribution is 5.94. The number of hydrogen-bond donors (Lipinski definition) is 3. The van der Waals surface area contributed by atoms with Crippen molar-refractivity contribution in [1.29, 1.82) is 0 Å². The summed E-state index contributed by atoms with van der Waals surface area (Å²) in [7, 11) is 0. The van der Waals surface area contributed by atoms with E-state index in [1.165, 1.54) is 0 Å². The lowest BCUT2D eigenvalue weighted by atomic mass is 10.1. The number of amides is 1. The molecule has 0 saturated carbocycles. The van der Waals surface area contributed by atoms with Crippen molar-refractivity contribution in [2.45, 2.75) is 26.7 Å². The third-order valence-electron chi connectivity index (χ3n) is 4.86. The molecule has 7 nitrogen and oxygen atoms in total. The van der Waals surface area contributed by atoms with Gasteiger partial charge in [0.15, 0.2) is 11.6 Å². The highest BCUT2D eigenvalue weighted by Gasteiger charge is 2.14. The first-order valence-electron chi connectivity index (χ1n) is 9.49. The molecule has 1 amide bonds. The van der Waals surface area contributed by atoms with Crippen molar-refractivity contribution in [3.63, 3.8) is 0 Å². The number of benzene rings is 2. The van der Waals surface area contributed by atoms with Crippen LogP contribution >= 0.6 is 0 Å². The maximum Gasteiger partial charge on any atom is 0.224 e. The van der Waals surface area contributed by atoms with Crippen LogP contribution in [0.2, 0.25) is 0 Å². The number of hydrogen-bond acceptors (Lipinski definition) is 4. The number of H-pyrrole nitrogens is 2. The minimum atomic E-state index is -0.0553. The second-order valence-electron chi connectivity index (χ2n) is 6.88. The Balaban J connectivity index is 1.50. The van der Waals surface area contributed by atoms with Crippen molar-refractivity contribution in [3.8, 4) is 22.8 Å². The number of nitrogens with one attached hydrogen (secondary N) is 3. The lowest BCUT2D eigenvalue weighted by Crippen LogP contribution is -2.13. The molecule has 146 valence electrons. The van der Waals surface area contributed by atoms with Gasteiger partial charge in [-0.1, -0.05) is 42.5 Å². The van der Waals surface area contributed by atoms with E-state index in [0.29, 0.717) is 30.2 Å². The molecule has 0 fully saturated rings. The van der Waals surface area contributed by atoms with Crippen LogP contribution in [0.3, 0.4) is 0 Å². The number of anilines is 1. The number of carbonyl (C=O) groups is 1. The molecule has 2 heterocycles. The fourth-order valence-electron chi connectivity index (χ4n) is 3.29. The molecule has 0 aliphatic rings. The molecule has 0 radical (unpaired) electrons. The summed E-state index contributed by atoms with van der Waals surface area (Å²) in [6.07, 6.45) is 1.02. The molecule has 0 atom stereocenters. The monoisotopic (exact) mass is 386 g/mol. The second-order valence-corrected chi connectivity index (χ2v) is 6.88. The van der Waals surface area contributed by atoms with Crippen LogP contribution in [0.25, 0.3) is 22.8 Å². The van der Waals surface area contributed by atoms with Gasteiger partial charge in [0, 0.05) is 23.2 Å². The fourth-order valence-corrected chi connectivity index (χ4v) is 3.29. The molecule has 0 unspecified atom stereocenters. The van der Waals surface area contributed by atoms with Gasteiger partial charge in [0.25, 0.3) is 0 Å². The Morgan fingerprint density at radius 2 is 1.72 bits per heavy atom. The van der Waals surface area contributed by atoms with Gasteiger partial charge in [-0.2, -0.15) is 10.2 Å². The number of aryl methyl sites for hydroxylation is 2. The third kappa shape index (κ3) is 4.08. The summed E-state index contributed by atoms with van der Waals surface area (Å²) in [5, 5.41) is 17.4. The van der Waals surface area contributed by atoms with Gasteiger partial charge >= 0.3 is 0 Å². The lowest BCUT2D eigenvalue weighted by molar-refractivity contribution is -0.116. The molecule has 0 saturated heterocycles. The molecule has 3 N–H and O–H groups in total. The highest BCUT2D eigenvalue weighted by atomic mass is 16.1. The SMILES string of the molecule is Cc1n[nH]c(C)c1CCC(=O)Nc1ccccc1-c1nc(-c2ccccc2)n[nH]1. The molecular weight excluding hydrogens is 364 g/mol. The van der Waals surface area contributed by atoms with Crippen LogP contribution in [0.1, 0.15) is 23.4 Å². The zero-order chi connectivity index (χ0) is 20.2. The molecule has 0 bridgehead atoms. The molecule has 7 heteroatoms. The van der Waals surface area contributed by atoms with Crippen LogP contribution in [0.5, 0.6) is 0 Å². The first-order chi connectivity index (χ1) is 14.1. The minimum Gasteiger partial charge on any atom is -0.325 e. The average Bonchev–Trinajstić information content (AvgIpc) is 3.35. The van der Waals surface area contributed by atoms with E-state index in [0.717, 1.165) is 28.1 Å². The van der Waals surface area contributed by atoms with Gasteiger partial charge in [-0.25, -0.2) is 4.98 Å². The maximum atomic E-state index is 12.6. The van der Waals surface area contributed by atoms with E-state index in [4.69, 9.17) is 0 Å². The molecule has 0 aliphatic carbocycles. The Labute approximate surface area is 168 Å².